The molecule has 1 aliphatic carbocycles. The molecule has 0 amide bonds. The summed E-state index contributed by atoms with van der Waals surface area (Å²) >= 11 is 0. The van der Waals surface area contributed by atoms with E-state index in [0.29, 0.717) is 19.3 Å². The van der Waals surface area contributed by atoms with Crippen LogP contribution in [0.1, 0.15) is 31.2 Å². The van der Waals surface area contributed by atoms with Crippen LogP contribution in [-0.4, -0.2) is 37.0 Å². The predicted molar refractivity (Wildman–Crippen MR) is 74.7 cm³/mol. The molecule has 0 unspecified atom stereocenters. The van der Waals surface area contributed by atoms with E-state index in [1.807, 2.05) is 11.9 Å². The van der Waals surface area contributed by atoms with E-state index in [2.05, 4.69) is 0 Å². The lowest BCUT2D eigenvalue weighted by Crippen LogP contribution is -2.42. The van der Waals surface area contributed by atoms with Crippen molar-refractivity contribution < 1.29 is 18.3 Å². The second-order valence-electron chi connectivity index (χ2n) is 5.95. The van der Waals surface area contributed by atoms with Gasteiger partial charge in [-0.25, -0.2) is 8.78 Å². The van der Waals surface area contributed by atoms with E-state index in [0.717, 1.165) is 25.7 Å². The molecule has 1 aromatic rings. The fourth-order valence-electron chi connectivity index (χ4n) is 3.33. The Kier molecular flexibility index (Phi) is 4.24. The molecule has 2 aliphatic rings. The van der Waals surface area contributed by atoms with Crippen LogP contribution >= 0.6 is 0 Å². The number of hydrogen-bond donors (Lipinski definition) is 0. The molecule has 5 heteroatoms. The van der Waals surface area contributed by atoms with Gasteiger partial charge in [-0.1, -0.05) is 6.07 Å². The zero-order valence-electron chi connectivity index (χ0n) is 12.3. The highest BCUT2D eigenvalue weighted by Crippen LogP contribution is 2.37. The van der Waals surface area contributed by atoms with Crippen molar-refractivity contribution in [3.63, 3.8) is 0 Å². The van der Waals surface area contributed by atoms with Gasteiger partial charge >= 0.3 is 0 Å². The minimum absolute atomic E-state index is 0.147. The van der Waals surface area contributed by atoms with Gasteiger partial charge in [0.25, 0.3) is 0 Å². The molecule has 2 fully saturated rings. The first-order valence-electron chi connectivity index (χ1n) is 7.51. The summed E-state index contributed by atoms with van der Waals surface area (Å²) in [6.45, 7) is 1.62. The molecule has 3 nitrogen and oxygen atoms in total. The standard InChI is InChI=1S/C16H21F2NO2/c1-19(11-13-14(17)3-2-4-15(13)18)12-5-7-16(8-6-12)20-9-10-21-16/h2-4,12H,5-11H2,1H3. The fraction of sp³-hybridized carbons (Fsp3) is 0.625. The summed E-state index contributed by atoms with van der Waals surface area (Å²) in [5.41, 5.74) is 0.147. The van der Waals surface area contributed by atoms with Gasteiger partial charge in [-0.15, -0.1) is 0 Å². The number of nitrogens with zero attached hydrogens (tertiary/aromatic N) is 1. The molecule has 1 heterocycles. The summed E-state index contributed by atoms with van der Waals surface area (Å²) in [5, 5.41) is 0. The summed E-state index contributed by atoms with van der Waals surface area (Å²) in [6.07, 6.45) is 3.54. The third kappa shape index (κ3) is 3.10. The molecule has 1 saturated carbocycles. The largest absolute Gasteiger partial charge is 0.348 e. The van der Waals surface area contributed by atoms with Gasteiger partial charge in [-0.2, -0.15) is 0 Å². The minimum atomic E-state index is -0.475. The number of hydrogen-bond acceptors (Lipinski definition) is 3. The van der Waals surface area contributed by atoms with E-state index in [4.69, 9.17) is 9.47 Å². The summed E-state index contributed by atoms with van der Waals surface area (Å²) < 4.78 is 38.8. The second kappa shape index (κ2) is 5.99. The normalized spacial score (nSPS) is 22.3. The SMILES string of the molecule is CN(Cc1c(F)cccc1F)C1CCC2(CC1)OCCO2. The molecule has 1 aliphatic heterocycles. The Morgan fingerprint density at radius 2 is 1.71 bits per heavy atom. The number of rotatable bonds is 3. The van der Waals surface area contributed by atoms with Gasteiger partial charge in [0, 0.05) is 31.0 Å². The van der Waals surface area contributed by atoms with Crippen LogP contribution in [0.4, 0.5) is 8.78 Å². The highest BCUT2D eigenvalue weighted by Gasteiger charge is 2.41. The van der Waals surface area contributed by atoms with Gasteiger partial charge in [0.05, 0.1) is 13.2 Å². The van der Waals surface area contributed by atoms with Crippen molar-refractivity contribution in [3.05, 3.63) is 35.4 Å². The number of ether oxygens (including phenoxy) is 2. The second-order valence-corrected chi connectivity index (χ2v) is 5.95. The molecule has 116 valence electrons. The van der Waals surface area contributed by atoms with Crippen molar-refractivity contribution in [3.8, 4) is 0 Å². The zero-order valence-corrected chi connectivity index (χ0v) is 12.3. The van der Waals surface area contributed by atoms with Crippen LogP contribution in [0.25, 0.3) is 0 Å². The minimum Gasteiger partial charge on any atom is -0.348 e. The average molecular weight is 297 g/mol. The van der Waals surface area contributed by atoms with Crippen molar-refractivity contribution in [1.82, 2.24) is 4.90 Å². The van der Waals surface area contributed by atoms with Crippen LogP contribution in [0.5, 0.6) is 0 Å². The fourth-order valence-corrected chi connectivity index (χ4v) is 3.33. The first-order valence-corrected chi connectivity index (χ1v) is 7.51. The van der Waals surface area contributed by atoms with Gasteiger partial charge in [0.15, 0.2) is 5.79 Å². The maximum atomic E-state index is 13.7. The molecule has 0 N–H and O–H groups in total. The molecule has 0 radical (unpaired) electrons. The Labute approximate surface area is 123 Å². The summed E-state index contributed by atoms with van der Waals surface area (Å²) in [4.78, 5) is 2.03. The number of halogens is 2. The molecule has 1 saturated heterocycles. The topological polar surface area (TPSA) is 21.7 Å². The van der Waals surface area contributed by atoms with Gasteiger partial charge in [-0.05, 0) is 32.0 Å². The highest BCUT2D eigenvalue weighted by atomic mass is 19.1. The summed E-state index contributed by atoms with van der Waals surface area (Å²) in [5.74, 6) is -1.34. The Hall–Kier alpha value is -1.04. The summed E-state index contributed by atoms with van der Waals surface area (Å²) in [7, 11) is 1.92. The third-order valence-corrected chi connectivity index (χ3v) is 4.62. The van der Waals surface area contributed by atoms with Crippen LogP contribution in [-0.2, 0) is 16.0 Å². The highest BCUT2D eigenvalue weighted by molar-refractivity contribution is 5.19. The molecule has 1 aromatic carbocycles. The first-order chi connectivity index (χ1) is 10.1. The van der Waals surface area contributed by atoms with E-state index in [1.54, 1.807) is 0 Å². The molecule has 1 spiro atoms. The Bertz CT molecular complexity index is 473. The molecule has 21 heavy (non-hydrogen) atoms. The van der Waals surface area contributed by atoms with Crippen molar-refractivity contribution in [2.24, 2.45) is 0 Å². The smallest absolute Gasteiger partial charge is 0.168 e. The van der Waals surface area contributed by atoms with E-state index < -0.39 is 11.6 Å². The van der Waals surface area contributed by atoms with E-state index >= 15 is 0 Å². The molecular weight excluding hydrogens is 276 g/mol. The van der Waals surface area contributed by atoms with E-state index in [9.17, 15) is 8.78 Å². The van der Waals surface area contributed by atoms with Crippen molar-refractivity contribution in [2.45, 2.75) is 44.1 Å². The molecule has 0 bridgehead atoms. The van der Waals surface area contributed by atoms with Crippen molar-refractivity contribution in [1.29, 1.82) is 0 Å². The first kappa shape index (κ1) is 14.9. The van der Waals surface area contributed by atoms with Gasteiger partial charge < -0.3 is 9.47 Å². The third-order valence-electron chi connectivity index (χ3n) is 4.62. The van der Waals surface area contributed by atoms with E-state index in [-0.39, 0.29) is 17.9 Å². The summed E-state index contributed by atoms with van der Waals surface area (Å²) in [6, 6.07) is 4.32. The molecule has 0 aromatic heterocycles. The van der Waals surface area contributed by atoms with Gasteiger partial charge in [0.1, 0.15) is 11.6 Å². The zero-order chi connectivity index (χ0) is 14.9. The monoisotopic (exact) mass is 297 g/mol. The van der Waals surface area contributed by atoms with Crippen molar-refractivity contribution in [2.75, 3.05) is 20.3 Å². The maximum Gasteiger partial charge on any atom is 0.168 e. The molecule has 3 rings (SSSR count). The lowest BCUT2D eigenvalue weighted by Gasteiger charge is -2.39. The Balaban J connectivity index is 1.60. The lowest BCUT2D eigenvalue weighted by atomic mass is 9.89. The van der Waals surface area contributed by atoms with Crippen LogP contribution in [0, 0.1) is 11.6 Å². The van der Waals surface area contributed by atoms with E-state index in [1.165, 1.54) is 18.2 Å². The Morgan fingerprint density at radius 3 is 2.29 bits per heavy atom. The van der Waals surface area contributed by atoms with Crippen molar-refractivity contribution >= 4 is 0 Å². The molecular formula is C16H21F2NO2. The van der Waals surface area contributed by atoms with Gasteiger partial charge in [0.2, 0.25) is 0 Å². The predicted octanol–water partition coefficient (Wildman–Crippen LogP) is 3.08. The van der Waals surface area contributed by atoms with Gasteiger partial charge in [-0.3, -0.25) is 4.90 Å². The lowest BCUT2D eigenvalue weighted by molar-refractivity contribution is -0.183. The van der Waals surface area contributed by atoms with Crippen LogP contribution < -0.4 is 0 Å². The maximum absolute atomic E-state index is 13.7. The quantitative estimate of drug-likeness (QED) is 0.856. The number of benzene rings is 1. The van der Waals surface area contributed by atoms with Crippen LogP contribution in [0.3, 0.4) is 0 Å². The average Bonchev–Trinajstić information content (AvgIpc) is 2.92. The molecule has 0 atom stereocenters. The Morgan fingerprint density at radius 1 is 1.14 bits per heavy atom. The van der Waals surface area contributed by atoms with Crippen LogP contribution in [0.2, 0.25) is 0 Å². The van der Waals surface area contributed by atoms with Crippen LogP contribution in [0.15, 0.2) is 18.2 Å².